The van der Waals surface area contributed by atoms with Crippen molar-refractivity contribution in [3.8, 4) is 0 Å². The first-order valence-corrected chi connectivity index (χ1v) is 4.96. The van der Waals surface area contributed by atoms with E-state index in [1.165, 1.54) is 0 Å². The molecular formula is C10H15N3O2. The first-order chi connectivity index (χ1) is 6.98. The predicted octanol–water partition coefficient (Wildman–Crippen LogP) is 0.522. The van der Waals surface area contributed by atoms with Gasteiger partial charge in [0.05, 0.1) is 0 Å². The number of rotatable bonds is 1. The molecule has 0 aromatic carbocycles. The van der Waals surface area contributed by atoms with Crippen LogP contribution in [0.2, 0.25) is 0 Å². The number of carbonyl (C=O) groups is 1. The molecule has 1 amide bonds. The molecule has 1 atom stereocenters. The maximum absolute atomic E-state index is 11.6. The molecule has 0 aliphatic carbocycles. The Morgan fingerprint density at radius 3 is 2.93 bits per heavy atom. The molecule has 1 aromatic heterocycles. The van der Waals surface area contributed by atoms with E-state index in [0.717, 1.165) is 0 Å². The number of piperazine rings is 1. The number of hydrogen-bond acceptors (Lipinski definition) is 4. The number of nitrogens with one attached hydrogen (secondary N) is 2. The monoisotopic (exact) mass is 209 g/mol. The van der Waals surface area contributed by atoms with E-state index >= 15 is 0 Å². The fraction of sp³-hybridized carbons (Fsp3) is 0.600. The Morgan fingerprint density at radius 2 is 2.33 bits per heavy atom. The summed E-state index contributed by atoms with van der Waals surface area (Å²) >= 11 is 0. The molecule has 2 rings (SSSR count). The number of nitrogens with zero attached hydrogens (tertiary/aromatic N) is 1. The van der Waals surface area contributed by atoms with E-state index in [0.29, 0.717) is 18.0 Å². The third kappa shape index (κ3) is 2.02. The Morgan fingerprint density at radius 1 is 1.60 bits per heavy atom. The molecule has 2 N–H and O–H groups in total. The topological polar surface area (TPSA) is 67.2 Å². The Kier molecular flexibility index (Phi) is 2.26. The van der Waals surface area contributed by atoms with Crippen molar-refractivity contribution in [2.75, 3.05) is 6.54 Å². The van der Waals surface area contributed by atoms with Crippen LogP contribution in [0.5, 0.6) is 0 Å². The first-order valence-electron chi connectivity index (χ1n) is 4.96. The van der Waals surface area contributed by atoms with Gasteiger partial charge >= 0.3 is 0 Å². The molecule has 1 unspecified atom stereocenters. The highest BCUT2D eigenvalue weighted by atomic mass is 16.5. The van der Waals surface area contributed by atoms with Crippen LogP contribution in [-0.4, -0.2) is 23.1 Å². The normalized spacial score (nSPS) is 25.0. The molecule has 1 aliphatic heterocycles. The summed E-state index contributed by atoms with van der Waals surface area (Å²) in [5.74, 6) is 0.658. The van der Waals surface area contributed by atoms with Gasteiger partial charge in [-0.15, -0.1) is 0 Å². The lowest BCUT2D eigenvalue weighted by molar-refractivity contribution is -0.126. The molecule has 0 spiro atoms. The highest BCUT2D eigenvalue weighted by Gasteiger charge is 2.35. The lowest BCUT2D eigenvalue weighted by atomic mass is 9.98. The summed E-state index contributed by atoms with van der Waals surface area (Å²) in [5, 5.41) is 9.94. The van der Waals surface area contributed by atoms with Gasteiger partial charge in [0.15, 0.2) is 0 Å². The molecule has 0 bridgehead atoms. The average molecular weight is 209 g/mol. The van der Waals surface area contributed by atoms with Crippen LogP contribution in [0.15, 0.2) is 10.6 Å². The maximum atomic E-state index is 11.6. The molecule has 1 fully saturated rings. The Labute approximate surface area is 88.2 Å². The van der Waals surface area contributed by atoms with Crippen LogP contribution in [0.3, 0.4) is 0 Å². The van der Waals surface area contributed by atoms with Crippen molar-refractivity contribution in [1.29, 1.82) is 0 Å². The summed E-state index contributed by atoms with van der Waals surface area (Å²) in [5.41, 5.74) is 0.517. The lowest BCUT2D eigenvalue weighted by Crippen LogP contribution is -2.59. The second kappa shape index (κ2) is 3.34. The van der Waals surface area contributed by atoms with Crippen molar-refractivity contribution >= 4 is 5.91 Å². The zero-order valence-corrected chi connectivity index (χ0v) is 9.13. The number of aromatic nitrogens is 1. The summed E-state index contributed by atoms with van der Waals surface area (Å²) in [6.45, 7) is 6.50. The summed E-state index contributed by atoms with van der Waals surface area (Å²) in [6.07, 6.45) is 0. The van der Waals surface area contributed by atoms with Crippen LogP contribution in [0.4, 0.5) is 0 Å². The minimum atomic E-state index is -0.411. The van der Waals surface area contributed by atoms with E-state index in [1.807, 2.05) is 20.8 Å². The second-order valence-corrected chi connectivity index (χ2v) is 4.54. The van der Waals surface area contributed by atoms with E-state index in [-0.39, 0.29) is 11.4 Å². The summed E-state index contributed by atoms with van der Waals surface area (Å²) in [7, 11) is 0. The van der Waals surface area contributed by atoms with Crippen molar-refractivity contribution < 1.29 is 9.32 Å². The molecule has 5 heteroatoms. The van der Waals surface area contributed by atoms with E-state index < -0.39 is 6.04 Å². The van der Waals surface area contributed by atoms with Gasteiger partial charge < -0.3 is 9.84 Å². The van der Waals surface area contributed by atoms with Crippen molar-refractivity contribution in [2.24, 2.45) is 0 Å². The van der Waals surface area contributed by atoms with Gasteiger partial charge in [0.25, 0.3) is 0 Å². The fourth-order valence-electron chi connectivity index (χ4n) is 1.65. The van der Waals surface area contributed by atoms with Crippen LogP contribution >= 0.6 is 0 Å². The smallest absolute Gasteiger partial charge is 0.243 e. The van der Waals surface area contributed by atoms with Gasteiger partial charge in [0.2, 0.25) is 5.91 Å². The molecule has 1 saturated heterocycles. The lowest BCUT2D eigenvalue weighted by Gasteiger charge is -2.35. The highest BCUT2D eigenvalue weighted by molar-refractivity contribution is 5.83. The second-order valence-electron chi connectivity index (χ2n) is 4.54. The molecule has 0 radical (unpaired) electrons. The van der Waals surface area contributed by atoms with Crippen LogP contribution in [0, 0.1) is 6.92 Å². The molecule has 1 aromatic rings. The summed E-state index contributed by atoms with van der Waals surface area (Å²) in [6, 6.07) is 1.37. The number of amides is 1. The van der Waals surface area contributed by atoms with Crippen LogP contribution in [0.1, 0.15) is 31.3 Å². The molecule has 2 heterocycles. The van der Waals surface area contributed by atoms with Crippen molar-refractivity contribution in [2.45, 2.75) is 32.4 Å². The predicted molar refractivity (Wildman–Crippen MR) is 54.2 cm³/mol. The maximum Gasteiger partial charge on any atom is 0.243 e. The van der Waals surface area contributed by atoms with Crippen molar-refractivity contribution in [3.63, 3.8) is 0 Å². The minimum absolute atomic E-state index is 0.0531. The van der Waals surface area contributed by atoms with Crippen LogP contribution in [-0.2, 0) is 4.79 Å². The average Bonchev–Trinajstić information content (AvgIpc) is 2.56. The van der Waals surface area contributed by atoms with Crippen LogP contribution < -0.4 is 10.6 Å². The van der Waals surface area contributed by atoms with Gasteiger partial charge in [0, 0.05) is 18.2 Å². The molecular weight excluding hydrogens is 194 g/mol. The third-order valence-corrected chi connectivity index (χ3v) is 2.44. The van der Waals surface area contributed by atoms with Gasteiger partial charge in [-0.2, -0.15) is 0 Å². The first kappa shape index (κ1) is 10.2. The zero-order chi connectivity index (χ0) is 11.1. The molecule has 15 heavy (non-hydrogen) atoms. The van der Waals surface area contributed by atoms with Gasteiger partial charge in [-0.3, -0.25) is 10.1 Å². The van der Waals surface area contributed by atoms with Crippen molar-refractivity contribution in [3.05, 3.63) is 17.5 Å². The Bertz CT molecular complexity index is 384. The zero-order valence-electron chi connectivity index (χ0n) is 9.13. The molecule has 0 saturated carbocycles. The highest BCUT2D eigenvalue weighted by Crippen LogP contribution is 2.20. The van der Waals surface area contributed by atoms with Gasteiger partial charge in [0.1, 0.15) is 17.5 Å². The molecule has 82 valence electrons. The number of aryl methyl sites for hydroxylation is 1. The standard InChI is InChI=1S/C10H15N3O2/c1-6-4-7(13-15-6)8-9(14)11-5-10(2,3)12-8/h4,8,12H,5H2,1-3H3,(H,11,14). The molecule has 1 aliphatic rings. The summed E-state index contributed by atoms with van der Waals surface area (Å²) in [4.78, 5) is 11.6. The minimum Gasteiger partial charge on any atom is -0.361 e. The fourth-order valence-corrected chi connectivity index (χ4v) is 1.65. The van der Waals surface area contributed by atoms with Gasteiger partial charge in [-0.25, -0.2) is 0 Å². The Hall–Kier alpha value is -1.36. The Balaban J connectivity index is 2.23. The van der Waals surface area contributed by atoms with E-state index in [9.17, 15) is 4.79 Å². The molecule has 5 nitrogen and oxygen atoms in total. The number of carbonyl (C=O) groups excluding carboxylic acids is 1. The van der Waals surface area contributed by atoms with Crippen molar-refractivity contribution in [1.82, 2.24) is 15.8 Å². The van der Waals surface area contributed by atoms with Gasteiger partial charge in [-0.05, 0) is 20.8 Å². The van der Waals surface area contributed by atoms with E-state index in [4.69, 9.17) is 4.52 Å². The van der Waals surface area contributed by atoms with Crippen LogP contribution in [0.25, 0.3) is 0 Å². The van der Waals surface area contributed by atoms with E-state index in [1.54, 1.807) is 6.07 Å². The largest absolute Gasteiger partial charge is 0.361 e. The number of hydrogen-bond donors (Lipinski definition) is 2. The van der Waals surface area contributed by atoms with E-state index in [2.05, 4.69) is 15.8 Å². The van der Waals surface area contributed by atoms with Gasteiger partial charge in [-0.1, -0.05) is 5.16 Å². The quantitative estimate of drug-likeness (QED) is 0.707. The summed E-state index contributed by atoms with van der Waals surface area (Å²) < 4.78 is 4.96. The third-order valence-electron chi connectivity index (χ3n) is 2.44. The SMILES string of the molecule is Cc1cc(C2NC(C)(C)CNC2=O)no1.